The Balaban J connectivity index is 1.39. The van der Waals surface area contributed by atoms with E-state index < -0.39 is 0 Å². The average Bonchev–Trinajstić information content (AvgIpc) is 2.48. The highest BCUT2D eigenvalue weighted by Gasteiger charge is 2.08. The first-order valence-electron chi connectivity index (χ1n) is 7.44. The first-order chi connectivity index (χ1) is 9.45. The topological polar surface area (TPSA) is 24.5 Å². The van der Waals surface area contributed by atoms with Crippen molar-refractivity contribution in [3.05, 3.63) is 23.1 Å². The molecule has 19 heavy (non-hydrogen) atoms. The van der Waals surface area contributed by atoms with E-state index in [1.807, 2.05) is 11.8 Å². The van der Waals surface area contributed by atoms with Gasteiger partial charge in [0.05, 0.1) is 13.2 Å². The summed E-state index contributed by atoms with van der Waals surface area (Å²) in [5.41, 5.74) is 0. The molecule has 0 spiro atoms. The van der Waals surface area contributed by atoms with Gasteiger partial charge in [0, 0.05) is 26.2 Å². The maximum Gasteiger partial charge on any atom is 0.0594 e. The number of thioether (sulfide) groups is 1. The molecule has 0 bridgehead atoms. The lowest BCUT2D eigenvalue weighted by atomic mass is 10.2. The van der Waals surface area contributed by atoms with Gasteiger partial charge in [-0.05, 0) is 36.5 Å². The van der Waals surface area contributed by atoms with E-state index in [0.717, 1.165) is 45.9 Å². The molecule has 0 aromatic heterocycles. The summed E-state index contributed by atoms with van der Waals surface area (Å²) in [6.07, 6.45) is 10.4. The van der Waals surface area contributed by atoms with Crippen LogP contribution in [-0.2, 0) is 4.74 Å². The summed E-state index contributed by atoms with van der Waals surface area (Å²) in [7, 11) is 0. The van der Waals surface area contributed by atoms with E-state index in [0.29, 0.717) is 0 Å². The summed E-state index contributed by atoms with van der Waals surface area (Å²) in [6, 6.07) is 0. The molecule has 2 rings (SSSR count). The smallest absolute Gasteiger partial charge is 0.0594 e. The monoisotopic (exact) mass is 282 g/mol. The van der Waals surface area contributed by atoms with Crippen molar-refractivity contribution in [1.82, 2.24) is 10.2 Å². The van der Waals surface area contributed by atoms with Crippen LogP contribution in [0, 0.1) is 0 Å². The molecule has 0 aromatic rings. The molecule has 0 aromatic carbocycles. The van der Waals surface area contributed by atoms with Crippen molar-refractivity contribution in [3.8, 4) is 0 Å². The third-order valence-electron chi connectivity index (χ3n) is 3.47. The van der Waals surface area contributed by atoms with E-state index >= 15 is 0 Å². The van der Waals surface area contributed by atoms with Crippen molar-refractivity contribution in [2.45, 2.75) is 19.3 Å². The van der Waals surface area contributed by atoms with Gasteiger partial charge in [0.1, 0.15) is 0 Å². The molecule has 1 fully saturated rings. The Morgan fingerprint density at radius 2 is 2.16 bits per heavy atom. The first-order valence-corrected chi connectivity index (χ1v) is 8.43. The van der Waals surface area contributed by atoms with Gasteiger partial charge in [0.25, 0.3) is 0 Å². The molecule has 3 nitrogen and oxygen atoms in total. The van der Waals surface area contributed by atoms with E-state index in [2.05, 4.69) is 28.4 Å². The normalized spacial score (nSPS) is 20.5. The molecule has 1 saturated heterocycles. The number of nitrogens with zero attached hydrogens (tertiary/aromatic N) is 1. The molecule has 0 radical (unpaired) electrons. The van der Waals surface area contributed by atoms with E-state index in [9.17, 15) is 0 Å². The van der Waals surface area contributed by atoms with E-state index in [1.165, 1.54) is 25.0 Å². The minimum atomic E-state index is 0.903. The fraction of sp³-hybridized carbons (Fsp3) is 0.733. The minimum Gasteiger partial charge on any atom is -0.379 e. The molecular formula is C15H26N2OS. The minimum absolute atomic E-state index is 0.903. The number of ether oxygens (including phenoxy) is 1. The number of morpholine rings is 1. The fourth-order valence-corrected chi connectivity index (χ4v) is 3.28. The summed E-state index contributed by atoms with van der Waals surface area (Å²) in [4.78, 5) is 4.03. The Morgan fingerprint density at radius 1 is 1.26 bits per heavy atom. The molecule has 108 valence electrons. The Labute approximate surface area is 121 Å². The molecule has 0 saturated carbocycles. The van der Waals surface area contributed by atoms with Crippen molar-refractivity contribution in [1.29, 1.82) is 0 Å². The van der Waals surface area contributed by atoms with Crippen molar-refractivity contribution in [3.63, 3.8) is 0 Å². The van der Waals surface area contributed by atoms with Crippen molar-refractivity contribution in [2.24, 2.45) is 0 Å². The van der Waals surface area contributed by atoms with Crippen LogP contribution in [0.2, 0.25) is 0 Å². The Hall–Kier alpha value is -0.290. The predicted octanol–water partition coefficient (Wildman–Crippen LogP) is 2.27. The van der Waals surface area contributed by atoms with Gasteiger partial charge in [-0.1, -0.05) is 18.2 Å². The zero-order chi connectivity index (χ0) is 13.2. The van der Waals surface area contributed by atoms with Gasteiger partial charge < -0.3 is 10.1 Å². The van der Waals surface area contributed by atoms with Crippen LogP contribution in [0.15, 0.2) is 23.1 Å². The molecule has 4 heteroatoms. The highest BCUT2D eigenvalue weighted by Crippen LogP contribution is 2.24. The Morgan fingerprint density at radius 3 is 2.95 bits per heavy atom. The number of hydrogen-bond acceptors (Lipinski definition) is 4. The van der Waals surface area contributed by atoms with Gasteiger partial charge in [-0.2, -0.15) is 0 Å². The third-order valence-corrected chi connectivity index (χ3v) is 4.67. The zero-order valence-corrected chi connectivity index (χ0v) is 12.6. The van der Waals surface area contributed by atoms with Crippen LogP contribution in [0.4, 0.5) is 0 Å². The van der Waals surface area contributed by atoms with Gasteiger partial charge >= 0.3 is 0 Å². The van der Waals surface area contributed by atoms with Crippen LogP contribution < -0.4 is 5.32 Å². The number of allylic oxidation sites excluding steroid dienone is 4. The lowest BCUT2D eigenvalue weighted by Crippen LogP contribution is -2.40. The van der Waals surface area contributed by atoms with Crippen molar-refractivity contribution < 1.29 is 4.74 Å². The standard InChI is InChI=1S/C15H26N2OS/c1-2-5-15(6-3-1)19-14-4-7-16-8-9-17-10-12-18-13-11-17/h1-2,5,16H,3-4,6-14H2. The van der Waals surface area contributed by atoms with Crippen LogP contribution >= 0.6 is 11.8 Å². The molecule has 1 heterocycles. The molecule has 0 unspecified atom stereocenters. The van der Waals surface area contributed by atoms with Gasteiger partial charge in [-0.15, -0.1) is 11.8 Å². The van der Waals surface area contributed by atoms with Gasteiger partial charge in [-0.3, -0.25) is 4.90 Å². The molecule has 1 aliphatic heterocycles. The molecular weight excluding hydrogens is 256 g/mol. The molecule has 0 amide bonds. The highest BCUT2D eigenvalue weighted by molar-refractivity contribution is 8.03. The molecule has 2 aliphatic rings. The molecule has 0 atom stereocenters. The van der Waals surface area contributed by atoms with Crippen LogP contribution in [0.1, 0.15) is 19.3 Å². The van der Waals surface area contributed by atoms with Gasteiger partial charge in [0.15, 0.2) is 0 Å². The maximum absolute atomic E-state index is 5.34. The fourth-order valence-electron chi connectivity index (χ4n) is 2.29. The Bertz CT molecular complexity index is 299. The predicted molar refractivity (Wildman–Crippen MR) is 83.7 cm³/mol. The first kappa shape index (κ1) is 15.1. The van der Waals surface area contributed by atoms with Crippen LogP contribution in [0.25, 0.3) is 0 Å². The van der Waals surface area contributed by atoms with Crippen molar-refractivity contribution >= 4 is 11.8 Å². The SMILES string of the molecule is C1=CCCC(SCCCNCCN2CCOCC2)=C1. The van der Waals surface area contributed by atoms with Gasteiger partial charge in [-0.25, -0.2) is 0 Å². The highest BCUT2D eigenvalue weighted by atomic mass is 32.2. The molecule has 1 aliphatic carbocycles. The summed E-state index contributed by atoms with van der Waals surface area (Å²) < 4.78 is 5.34. The van der Waals surface area contributed by atoms with Crippen LogP contribution in [-0.4, -0.2) is 56.6 Å². The number of nitrogens with one attached hydrogen (secondary N) is 1. The second-order valence-corrected chi connectivity index (χ2v) is 6.23. The van der Waals surface area contributed by atoms with E-state index in [1.54, 1.807) is 4.91 Å². The van der Waals surface area contributed by atoms with Crippen LogP contribution in [0.5, 0.6) is 0 Å². The number of hydrogen-bond donors (Lipinski definition) is 1. The second-order valence-electron chi connectivity index (χ2n) is 5.01. The maximum atomic E-state index is 5.34. The third kappa shape index (κ3) is 6.61. The van der Waals surface area contributed by atoms with Gasteiger partial charge in [0.2, 0.25) is 0 Å². The number of rotatable bonds is 8. The van der Waals surface area contributed by atoms with Crippen LogP contribution in [0.3, 0.4) is 0 Å². The summed E-state index contributed by atoms with van der Waals surface area (Å²) in [5.74, 6) is 1.24. The second kappa shape index (κ2) is 9.59. The molecule has 1 N–H and O–H groups in total. The Kier molecular flexibility index (Phi) is 7.62. The van der Waals surface area contributed by atoms with E-state index in [-0.39, 0.29) is 0 Å². The van der Waals surface area contributed by atoms with Crippen molar-refractivity contribution in [2.75, 3.05) is 51.7 Å². The average molecular weight is 282 g/mol. The largest absolute Gasteiger partial charge is 0.379 e. The lowest BCUT2D eigenvalue weighted by Gasteiger charge is -2.26. The summed E-state index contributed by atoms with van der Waals surface area (Å²) >= 11 is 2.03. The zero-order valence-electron chi connectivity index (χ0n) is 11.8. The summed E-state index contributed by atoms with van der Waals surface area (Å²) in [6.45, 7) is 7.40. The summed E-state index contributed by atoms with van der Waals surface area (Å²) in [5, 5.41) is 3.54. The lowest BCUT2D eigenvalue weighted by molar-refractivity contribution is 0.0384. The quantitative estimate of drug-likeness (QED) is 0.690. The van der Waals surface area contributed by atoms with E-state index in [4.69, 9.17) is 4.74 Å².